The standard InChI is InChI=1S/C19H23N3O3S/c23-19(16-4-3-12-20-14-16)21-13-11-15-7-9-18(10-8-15)26(24,25)22-17-5-1-2-6-17/h3-4,7-10,12,14,17,22H,1-2,5-6,11,13H2,(H,21,23). The number of aromatic nitrogens is 1. The molecular formula is C19H23N3O3S. The normalized spacial score (nSPS) is 15.1. The number of carbonyl (C=O) groups excluding carboxylic acids is 1. The van der Waals surface area contributed by atoms with E-state index in [0.29, 0.717) is 18.5 Å². The maximum absolute atomic E-state index is 12.4. The van der Waals surface area contributed by atoms with Crippen molar-refractivity contribution < 1.29 is 13.2 Å². The molecule has 0 radical (unpaired) electrons. The monoisotopic (exact) mass is 373 g/mol. The minimum atomic E-state index is -3.46. The molecule has 2 N–H and O–H groups in total. The molecule has 1 aromatic heterocycles. The third-order valence-corrected chi connectivity index (χ3v) is 6.07. The van der Waals surface area contributed by atoms with Gasteiger partial charge in [0, 0.05) is 25.0 Å². The van der Waals surface area contributed by atoms with Gasteiger partial charge in [0.2, 0.25) is 10.0 Å². The van der Waals surface area contributed by atoms with Crippen LogP contribution in [0.25, 0.3) is 0 Å². The summed E-state index contributed by atoms with van der Waals surface area (Å²) in [7, 11) is -3.46. The maximum atomic E-state index is 12.4. The lowest BCUT2D eigenvalue weighted by atomic mass is 10.1. The van der Waals surface area contributed by atoms with Gasteiger partial charge in [-0.15, -0.1) is 0 Å². The van der Waals surface area contributed by atoms with Crippen LogP contribution in [-0.4, -0.2) is 31.9 Å². The molecule has 1 aliphatic carbocycles. The highest BCUT2D eigenvalue weighted by Gasteiger charge is 2.22. The van der Waals surface area contributed by atoms with Crippen molar-refractivity contribution in [3.8, 4) is 0 Å². The highest BCUT2D eigenvalue weighted by molar-refractivity contribution is 7.89. The van der Waals surface area contributed by atoms with E-state index in [0.717, 1.165) is 31.2 Å². The zero-order valence-electron chi connectivity index (χ0n) is 14.5. The molecule has 1 aromatic carbocycles. The van der Waals surface area contributed by atoms with Crippen LogP contribution in [0.2, 0.25) is 0 Å². The molecule has 2 aromatic rings. The number of sulfonamides is 1. The second-order valence-corrected chi connectivity index (χ2v) is 8.21. The molecule has 1 saturated carbocycles. The van der Waals surface area contributed by atoms with E-state index in [1.807, 2.05) is 0 Å². The SMILES string of the molecule is O=C(NCCc1ccc(S(=O)(=O)NC2CCCC2)cc1)c1cccnc1. The van der Waals surface area contributed by atoms with Crippen molar-refractivity contribution in [2.24, 2.45) is 0 Å². The Bertz CT molecular complexity index is 830. The van der Waals surface area contributed by atoms with Crippen LogP contribution < -0.4 is 10.0 Å². The number of rotatable bonds is 7. The third-order valence-electron chi connectivity index (χ3n) is 4.53. The van der Waals surface area contributed by atoms with E-state index < -0.39 is 10.0 Å². The molecule has 138 valence electrons. The minimum Gasteiger partial charge on any atom is -0.352 e. The van der Waals surface area contributed by atoms with E-state index in [9.17, 15) is 13.2 Å². The average Bonchev–Trinajstić information content (AvgIpc) is 3.15. The fourth-order valence-electron chi connectivity index (χ4n) is 3.09. The van der Waals surface area contributed by atoms with Crippen LogP contribution in [0.3, 0.4) is 0 Å². The van der Waals surface area contributed by atoms with E-state index in [4.69, 9.17) is 0 Å². The van der Waals surface area contributed by atoms with E-state index in [1.165, 1.54) is 6.20 Å². The van der Waals surface area contributed by atoms with Crippen LogP contribution >= 0.6 is 0 Å². The average molecular weight is 373 g/mol. The number of nitrogens with one attached hydrogen (secondary N) is 2. The van der Waals surface area contributed by atoms with E-state index >= 15 is 0 Å². The van der Waals surface area contributed by atoms with Crippen molar-refractivity contribution in [1.82, 2.24) is 15.0 Å². The molecule has 0 unspecified atom stereocenters. The maximum Gasteiger partial charge on any atom is 0.252 e. The van der Waals surface area contributed by atoms with Crippen molar-refractivity contribution in [1.29, 1.82) is 0 Å². The van der Waals surface area contributed by atoms with Crippen LogP contribution in [0.1, 0.15) is 41.6 Å². The van der Waals surface area contributed by atoms with Gasteiger partial charge in [-0.05, 0) is 49.1 Å². The second-order valence-electron chi connectivity index (χ2n) is 6.49. The molecule has 0 spiro atoms. The lowest BCUT2D eigenvalue weighted by molar-refractivity contribution is 0.0953. The Balaban J connectivity index is 1.52. The quantitative estimate of drug-likeness (QED) is 0.779. The molecular weight excluding hydrogens is 350 g/mol. The predicted octanol–water partition coefficient (Wildman–Crippen LogP) is 2.28. The summed E-state index contributed by atoms with van der Waals surface area (Å²) in [5, 5.41) is 2.83. The summed E-state index contributed by atoms with van der Waals surface area (Å²) in [6.45, 7) is 0.472. The van der Waals surface area contributed by atoms with Crippen molar-refractivity contribution in [2.75, 3.05) is 6.54 Å². The summed E-state index contributed by atoms with van der Waals surface area (Å²) in [6, 6.07) is 10.3. The Morgan fingerprint density at radius 2 is 1.85 bits per heavy atom. The van der Waals surface area contributed by atoms with Gasteiger partial charge in [0.05, 0.1) is 10.5 Å². The number of benzene rings is 1. The fourth-order valence-corrected chi connectivity index (χ4v) is 4.39. The molecule has 0 atom stereocenters. The van der Waals surface area contributed by atoms with Crippen LogP contribution in [0, 0.1) is 0 Å². The van der Waals surface area contributed by atoms with E-state index in [2.05, 4.69) is 15.0 Å². The molecule has 1 fully saturated rings. The second kappa shape index (κ2) is 8.42. The Kier molecular flexibility index (Phi) is 6.00. The number of pyridine rings is 1. The first kappa shape index (κ1) is 18.5. The fraction of sp³-hybridized carbons (Fsp3) is 0.368. The van der Waals surface area contributed by atoms with E-state index in [-0.39, 0.29) is 16.8 Å². The largest absolute Gasteiger partial charge is 0.352 e. The highest BCUT2D eigenvalue weighted by Crippen LogP contribution is 2.20. The summed E-state index contributed by atoms with van der Waals surface area (Å²) in [6.07, 6.45) is 7.75. The number of amides is 1. The first-order valence-corrected chi connectivity index (χ1v) is 10.3. The summed E-state index contributed by atoms with van der Waals surface area (Å²) in [5.41, 5.74) is 1.49. The summed E-state index contributed by atoms with van der Waals surface area (Å²) in [4.78, 5) is 16.1. The van der Waals surface area contributed by atoms with Gasteiger partial charge in [-0.1, -0.05) is 25.0 Å². The first-order valence-electron chi connectivity index (χ1n) is 8.84. The number of hydrogen-bond acceptors (Lipinski definition) is 4. The molecule has 7 heteroatoms. The molecule has 26 heavy (non-hydrogen) atoms. The Morgan fingerprint density at radius 1 is 1.12 bits per heavy atom. The smallest absolute Gasteiger partial charge is 0.252 e. The summed E-state index contributed by atoms with van der Waals surface area (Å²) >= 11 is 0. The Hall–Kier alpha value is -2.25. The van der Waals surface area contributed by atoms with Crippen LogP contribution in [0.5, 0.6) is 0 Å². The first-order chi connectivity index (χ1) is 12.5. The molecule has 0 saturated heterocycles. The molecule has 1 heterocycles. The summed E-state index contributed by atoms with van der Waals surface area (Å²) in [5.74, 6) is -0.168. The molecule has 1 aliphatic rings. The predicted molar refractivity (Wildman–Crippen MR) is 99.3 cm³/mol. The molecule has 0 bridgehead atoms. The van der Waals surface area contributed by atoms with Gasteiger partial charge in [-0.25, -0.2) is 13.1 Å². The Labute approximate surface area is 154 Å². The molecule has 3 rings (SSSR count). The van der Waals surface area contributed by atoms with Crippen LogP contribution in [0.4, 0.5) is 0 Å². The van der Waals surface area contributed by atoms with E-state index in [1.54, 1.807) is 42.6 Å². The van der Waals surface area contributed by atoms with Crippen molar-refractivity contribution in [2.45, 2.75) is 43.0 Å². The van der Waals surface area contributed by atoms with Gasteiger partial charge in [0.25, 0.3) is 5.91 Å². The zero-order valence-corrected chi connectivity index (χ0v) is 15.3. The highest BCUT2D eigenvalue weighted by atomic mass is 32.2. The minimum absolute atomic E-state index is 0.0577. The molecule has 1 amide bonds. The topological polar surface area (TPSA) is 88.2 Å². The lowest BCUT2D eigenvalue weighted by Gasteiger charge is -2.13. The number of nitrogens with zero attached hydrogens (tertiary/aromatic N) is 1. The molecule has 6 nitrogen and oxygen atoms in total. The van der Waals surface area contributed by atoms with Gasteiger partial charge < -0.3 is 5.32 Å². The zero-order chi connectivity index (χ0) is 18.4. The van der Waals surface area contributed by atoms with Crippen molar-refractivity contribution in [3.63, 3.8) is 0 Å². The van der Waals surface area contributed by atoms with Crippen LogP contribution in [-0.2, 0) is 16.4 Å². The van der Waals surface area contributed by atoms with Gasteiger partial charge in [-0.3, -0.25) is 9.78 Å². The van der Waals surface area contributed by atoms with Crippen molar-refractivity contribution >= 4 is 15.9 Å². The van der Waals surface area contributed by atoms with Gasteiger partial charge in [0.1, 0.15) is 0 Å². The summed E-state index contributed by atoms with van der Waals surface area (Å²) < 4.78 is 27.5. The Morgan fingerprint density at radius 3 is 2.50 bits per heavy atom. The van der Waals surface area contributed by atoms with Gasteiger partial charge in [-0.2, -0.15) is 0 Å². The third kappa shape index (κ3) is 4.89. The number of carbonyl (C=O) groups is 1. The van der Waals surface area contributed by atoms with Crippen molar-refractivity contribution in [3.05, 3.63) is 59.9 Å². The van der Waals surface area contributed by atoms with Crippen LogP contribution in [0.15, 0.2) is 53.7 Å². The number of hydrogen-bond donors (Lipinski definition) is 2. The van der Waals surface area contributed by atoms with Gasteiger partial charge in [0.15, 0.2) is 0 Å². The molecule has 0 aliphatic heterocycles. The van der Waals surface area contributed by atoms with Gasteiger partial charge >= 0.3 is 0 Å². The lowest BCUT2D eigenvalue weighted by Crippen LogP contribution is -2.32.